The summed E-state index contributed by atoms with van der Waals surface area (Å²) < 4.78 is 2.67. The van der Waals surface area contributed by atoms with E-state index in [1.807, 2.05) is 24.3 Å². The number of rotatable bonds is 3. The summed E-state index contributed by atoms with van der Waals surface area (Å²) in [5, 5.41) is 4.80. The lowest BCUT2D eigenvalue weighted by atomic mass is 10.2. The quantitative estimate of drug-likeness (QED) is 0.596. The highest BCUT2D eigenvalue weighted by Crippen LogP contribution is 2.35. The molecule has 1 N–H and O–H groups in total. The van der Waals surface area contributed by atoms with Gasteiger partial charge in [0.2, 0.25) is 0 Å². The molecule has 1 aliphatic rings. The van der Waals surface area contributed by atoms with Gasteiger partial charge in [-0.1, -0.05) is 29.0 Å². The maximum Gasteiger partial charge on any atom is 0.262 e. The van der Waals surface area contributed by atoms with Crippen molar-refractivity contribution in [1.82, 2.24) is 14.5 Å². The third-order valence-electron chi connectivity index (χ3n) is 4.55. The molecule has 2 heterocycles. The Morgan fingerprint density at radius 1 is 1.12 bits per heavy atom. The van der Waals surface area contributed by atoms with Gasteiger partial charge in [0.05, 0.1) is 27.4 Å². The molecule has 5 rings (SSSR count). The Morgan fingerprint density at radius 3 is 2.64 bits per heavy atom. The Kier molecular flexibility index (Phi) is 3.15. The molecule has 4 aromatic rings. The molecule has 1 saturated carbocycles. The molecule has 0 aliphatic heterocycles. The molecule has 2 aromatic carbocycles. The zero-order valence-corrected chi connectivity index (χ0v) is 14.5. The average molecular weight is 348 g/mol. The van der Waals surface area contributed by atoms with E-state index in [-0.39, 0.29) is 5.56 Å². The molecule has 6 heteroatoms. The summed E-state index contributed by atoms with van der Waals surface area (Å²) >= 11 is 1.51. The van der Waals surface area contributed by atoms with E-state index in [0.717, 1.165) is 39.4 Å². The third-order valence-corrected chi connectivity index (χ3v) is 5.55. The number of hydrogen-bond donors (Lipinski definition) is 1. The molecule has 0 unspecified atom stereocenters. The number of aromatic nitrogens is 3. The first-order chi connectivity index (χ1) is 12.2. The summed E-state index contributed by atoms with van der Waals surface area (Å²) in [6.45, 7) is 2.06. The molecular weight excluding hydrogens is 332 g/mol. The van der Waals surface area contributed by atoms with Gasteiger partial charge in [-0.3, -0.25) is 9.36 Å². The van der Waals surface area contributed by atoms with Crippen LogP contribution in [0.15, 0.2) is 47.5 Å². The number of anilines is 2. The van der Waals surface area contributed by atoms with Crippen LogP contribution in [0.4, 0.5) is 10.8 Å². The highest BCUT2D eigenvalue weighted by Gasteiger charge is 2.26. The van der Waals surface area contributed by atoms with Gasteiger partial charge in [-0.15, -0.1) is 0 Å². The zero-order valence-electron chi connectivity index (χ0n) is 13.7. The van der Waals surface area contributed by atoms with Gasteiger partial charge >= 0.3 is 0 Å². The Bertz CT molecular complexity index is 1160. The second-order valence-electron chi connectivity index (χ2n) is 6.51. The van der Waals surface area contributed by atoms with Gasteiger partial charge in [0, 0.05) is 11.7 Å². The summed E-state index contributed by atoms with van der Waals surface area (Å²) in [6.07, 6.45) is 3.80. The van der Waals surface area contributed by atoms with Crippen molar-refractivity contribution >= 4 is 43.3 Å². The SMILES string of the molecule is Cc1ccc(Nc2nc3ccc4ncn(C5CC5)c(=O)c4c3s2)cc1. The van der Waals surface area contributed by atoms with Gasteiger partial charge in [0.1, 0.15) is 0 Å². The van der Waals surface area contributed by atoms with Crippen molar-refractivity contribution in [3.8, 4) is 0 Å². The maximum atomic E-state index is 12.9. The number of benzene rings is 2. The number of thiazole rings is 1. The number of fused-ring (bicyclic) bond motifs is 3. The maximum absolute atomic E-state index is 12.9. The van der Waals surface area contributed by atoms with Crippen molar-refractivity contribution in [3.63, 3.8) is 0 Å². The first kappa shape index (κ1) is 14.6. The van der Waals surface area contributed by atoms with Crippen molar-refractivity contribution in [1.29, 1.82) is 0 Å². The third kappa shape index (κ3) is 2.49. The molecular formula is C19H16N4OS. The number of hydrogen-bond acceptors (Lipinski definition) is 5. The monoisotopic (exact) mass is 348 g/mol. The number of aryl methyl sites for hydroxylation is 1. The lowest BCUT2D eigenvalue weighted by Crippen LogP contribution is -2.19. The summed E-state index contributed by atoms with van der Waals surface area (Å²) in [5.41, 5.74) is 3.82. The molecule has 0 spiro atoms. The molecule has 0 amide bonds. The standard InChI is InChI=1S/C19H16N4OS/c1-11-2-4-12(5-3-11)21-19-22-15-9-8-14-16(17(15)25-19)18(24)23(10-20-14)13-6-7-13/h2-5,8-10,13H,6-7H2,1H3,(H,21,22). The topological polar surface area (TPSA) is 59.8 Å². The van der Waals surface area contributed by atoms with Crippen LogP contribution in [0.3, 0.4) is 0 Å². The first-order valence-corrected chi connectivity index (χ1v) is 9.15. The van der Waals surface area contributed by atoms with Gasteiger partial charge in [0.25, 0.3) is 5.56 Å². The van der Waals surface area contributed by atoms with Gasteiger partial charge in [0.15, 0.2) is 5.13 Å². The second-order valence-corrected chi connectivity index (χ2v) is 7.51. The van der Waals surface area contributed by atoms with Crippen molar-refractivity contribution < 1.29 is 0 Å². The zero-order chi connectivity index (χ0) is 17.0. The van der Waals surface area contributed by atoms with Crippen molar-refractivity contribution in [2.24, 2.45) is 0 Å². The Morgan fingerprint density at radius 2 is 1.88 bits per heavy atom. The van der Waals surface area contributed by atoms with Crippen LogP contribution in [-0.2, 0) is 0 Å². The van der Waals surface area contributed by atoms with E-state index in [1.165, 1.54) is 16.9 Å². The van der Waals surface area contributed by atoms with E-state index < -0.39 is 0 Å². The summed E-state index contributed by atoms with van der Waals surface area (Å²) in [7, 11) is 0. The Balaban J connectivity index is 1.65. The predicted octanol–water partition coefficient (Wildman–Crippen LogP) is 4.39. The summed E-state index contributed by atoms with van der Waals surface area (Å²) in [6, 6.07) is 12.3. The van der Waals surface area contributed by atoms with Gasteiger partial charge in [-0.05, 0) is 44.0 Å². The second kappa shape index (κ2) is 5.39. The van der Waals surface area contributed by atoms with E-state index in [4.69, 9.17) is 0 Å². The van der Waals surface area contributed by atoms with Gasteiger partial charge in [-0.25, -0.2) is 9.97 Å². The van der Waals surface area contributed by atoms with Gasteiger partial charge in [-0.2, -0.15) is 0 Å². The lowest BCUT2D eigenvalue weighted by molar-refractivity contribution is 0.699. The molecule has 0 atom stereocenters. The smallest absolute Gasteiger partial charge is 0.262 e. The van der Waals surface area contributed by atoms with Crippen molar-refractivity contribution in [3.05, 3.63) is 58.6 Å². The van der Waals surface area contributed by atoms with Crippen LogP contribution in [0.2, 0.25) is 0 Å². The molecule has 124 valence electrons. The van der Waals surface area contributed by atoms with Crippen LogP contribution < -0.4 is 10.9 Å². The van der Waals surface area contributed by atoms with Crippen molar-refractivity contribution in [2.75, 3.05) is 5.32 Å². The van der Waals surface area contributed by atoms with Crippen molar-refractivity contribution in [2.45, 2.75) is 25.8 Å². The average Bonchev–Trinajstić information content (AvgIpc) is 3.36. The van der Waals surface area contributed by atoms with E-state index in [0.29, 0.717) is 11.4 Å². The minimum Gasteiger partial charge on any atom is -0.332 e. The van der Waals surface area contributed by atoms with Crippen LogP contribution in [0.25, 0.3) is 21.1 Å². The number of nitrogens with zero attached hydrogens (tertiary/aromatic N) is 3. The molecule has 1 fully saturated rings. The summed E-state index contributed by atoms with van der Waals surface area (Å²) in [4.78, 5) is 22.0. The molecule has 0 saturated heterocycles. The minimum absolute atomic E-state index is 0.0450. The molecule has 0 bridgehead atoms. The van der Waals surface area contributed by atoms with E-state index in [9.17, 15) is 4.79 Å². The molecule has 1 aliphatic carbocycles. The van der Waals surface area contributed by atoms with Crippen LogP contribution in [-0.4, -0.2) is 14.5 Å². The van der Waals surface area contributed by atoms with E-state index >= 15 is 0 Å². The fourth-order valence-corrected chi connectivity index (χ4v) is 4.05. The molecule has 2 aromatic heterocycles. The fourth-order valence-electron chi connectivity index (χ4n) is 3.03. The normalized spacial score (nSPS) is 14.3. The van der Waals surface area contributed by atoms with Gasteiger partial charge < -0.3 is 5.32 Å². The summed E-state index contributed by atoms with van der Waals surface area (Å²) in [5.74, 6) is 0. The van der Waals surface area contributed by atoms with Crippen LogP contribution in [0, 0.1) is 6.92 Å². The van der Waals surface area contributed by atoms with Crippen LogP contribution in [0.5, 0.6) is 0 Å². The van der Waals surface area contributed by atoms with E-state index in [2.05, 4.69) is 34.3 Å². The molecule has 0 radical (unpaired) electrons. The van der Waals surface area contributed by atoms with Crippen LogP contribution >= 0.6 is 11.3 Å². The minimum atomic E-state index is 0.0450. The van der Waals surface area contributed by atoms with Crippen LogP contribution in [0.1, 0.15) is 24.4 Å². The Labute approximate surface area is 148 Å². The molecule has 5 nitrogen and oxygen atoms in total. The predicted molar refractivity (Wildman–Crippen MR) is 102 cm³/mol. The highest BCUT2D eigenvalue weighted by atomic mass is 32.1. The van der Waals surface area contributed by atoms with E-state index in [1.54, 1.807) is 10.9 Å². The first-order valence-electron chi connectivity index (χ1n) is 8.33. The fraction of sp³-hybridized carbons (Fsp3) is 0.211. The molecule has 25 heavy (non-hydrogen) atoms. The number of nitrogens with one attached hydrogen (secondary N) is 1. The highest BCUT2D eigenvalue weighted by molar-refractivity contribution is 7.23. The largest absolute Gasteiger partial charge is 0.332 e. The Hall–Kier alpha value is -2.73. The lowest BCUT2D eigenvalue weighted by Gasteiger charge is -2.04.